The molecule has 3 aromatic heterocycles. The van der Waals surface area contributed by atoms with Crippen LogP contribution in [0.2, 0.25) is 0 Å². The van der Waals surface area contributed by atoms with E-state index in [0.717, 1.165) is 42.0 Å². The van der Waals surface area contributed by atoms with Crippen LogP contribution in [0.4, 0.5) is 0 Å². The zero-order chi connectivity index (χ0) is 21.3. The van der Waals surface area contributed by atoms with Gasteiger partial charge in [-0.1, -0.05) is 30.3 Å². The van der Waals surface area contributed by atoms with Gasteiger partial charge < -0.3 is 10.2 Å². The van der Waals surface area contributed by atoms with Gasteiger partial charge in [0.25, 0.3) is 5.91 Å². The molecule has 1 aromatic carbocycles. The van der Waals surface area contributed by atoms with Gasteiger partial charge >= 0.3 is 0 Å². The third kappa shape index (κ3) is 2.34. The minimum Gasteiger partial charge on any atom is -0.330 e. The van der Waals surface area contributed by atoms with E-state index in [1.54, 1.807) is 16.9 Å². The molecular weight excluding hydrogens is 400 g/mol. The highest BCUT2D eigenvalue weighted by molar-refractivity contribution is 5.97. The van der Waals surface area contributed by atoms with Gasteiger partial charge in [-0.2, -0.15) is 5.10 Å². The second-order valence-electron chi connectivity index (χ2n) is 9.08. The molecule has 5 heterocycles. The molecule has 1 N–H and O–H groups in total. The number of benzene rings is 1. The van der Waals surface area contributed by atoms with E-state index >= 15 is 0 Å². The maximum absolute atomic E-state index is 13.4. The van der Waals surface area contributed by atoms with Gasteiger partial charge in [0.15, 0.2) is 5.65 Å². The molecule has 7 heteroatoms. The van der Waals surface area contributed by atoms with Crippen LogP contribution < -0.4 is 5.32 Å². The smallest absolute Gasteiger partial charge is 0.254 e. The van der Waals surface area contributed by atoms with Crippen LogP contribution in [0.5, 0.6) is 0 Å². The predicted molar refractivity (Wildman–Crippen MR) is 120 cm³/mol. The number of amides is 1. The van der Waals surface area contributed by atoms with Crippen molar-refractivity contribution in [3.63, 3.8) is 0 Å². The Hall–Kier alpha value is -3.58. The fraction of sp³-hybridized carbons (Fsp3) is 0.280. The van der Waals surface area contributed by atoms with Gasteiger partial charge in [-0.15, -0.1) is 0 Å². The van der Waals surface area contributed by atoms with E-state index in [4.69, 9.17) is 4.98 Å². The Kier molecular flexibility index (Phi) is 3.64. The molecule has 1 aliphatic carbocycles. The quantitative estimate of drug-likeness (QED) is 0.549. The third-order valence-electron chi connectivity index (χ3n) is 7.63. The number of hydrogen-bond donors (Lipinski definition) is 1. The molecule has 0 radical (unpaired) electrons. The lowest BCUT2D eigenvalue weighted by molar-refractivity contribution is -0.148. The van der Waals surface area contributed by atoms with E-state index in [9.17, 15) is 4.79 Å². The van der Waals surface area contributed by atoms with Crippen LogP contribution in [0, 0.1) is 5.41 Å². The highest BCUT2D eigenvalue weighted by Crippen LogP contribution is 2.59. The molecule has 2 saturated heterocycles. The summed E-state index contributed by atoms with van der Waals surface area (Å²) in [5.41, 5.74) is 5.21. The second kappa shape index (κ2) is 6.46. The fourth-order valence-electron chi connectivity index (χ4n) is 5.89. The first-order valence-corrected chi connectivity index (χ1v) is 11.1. The van der Waals surface area contributed by atoms with Gasteiger partial charge in [0, 0.05) is 48.1 Å². The van der Waals surface area contributed by atoms with Crippen LogP contribution in [0.1, 0.15) is 23.2 Å². The normalized spacial score (nSPS) is 25.7. The van der Waals surface area contributed by atoms with Crippen molar-refractivity contribution in [1.29, 1.82) is 0 Å². The van der Waals surface area contributed by atoms with Gasteiger partial charge in [0.2, 0.25) is 0 Å². The second-order valence-corrected chi connectivity index (χ2v) is 9.08. The Balaban J connectivity index is 1.25. The largest absolute Gasteiger partial charge is 0.330 e. The number of piperidine rings is 1. The van der Waals surface area contributed by atoms with Crippen LogP contribution in [-0.2, 0) is 0 Å². The van der Waals surface area contributed by atoms with Crippen molar-refractivity contribution in [3.8, 4) is 22.5 Å². The molecule has 1 spiro atoms. The van der Waals surface area contributed by atoms with Crippen molar-refractivity contribution >= 4 is 11.6 Å². The lowest BCUT2D eigenvalue weighted by Gasteiger charge is -2.67. The van der Waals surface area contributed by atoms with Crippen molar-refractivity contribution in [1.82, 2.24) is 29.8 Å². The summed E-state index contributed by atoms with van der Waals surface area (Å²) in [6.07, 6.45) is 7.75. The van der Waals surface area contributed by atoms with Crippen LogP contribution in [-0.4, -0.2) is 55.6 Å². The maximum atomic E-state index is 13.4. The molecule has 3 atom stereocenters. The molecule has 2 aliphatic heterocycles. The maximum Gasteiger partial charge on any atom is 0.254 e. The molecule has 1 amide bonds. The van der Waals surface area contributed by atoms with Crippen LogP contribution in [0.15, 0.2) is 67.1 Å². The van der Waals surface area contributed by atoms with Crippen LogP contribution in [0.25, 0.3) is 28.2 Å². The summed E-state index contributed by atoms with van der Waals surface area (Å²) in [5, 5.41) is 7.94. The molecule has 1 saturated carbocycles. The zero-order valence-electron chi connectivity index (χ0n) is 17.5. The average molecular weight is 422 g/mol. The highest BCUT2D eigenvalue weighted by Gasteiger charge is 2.68. The number of likely N-dealkylation sites (tertiary alicyclic amines) is 1. The van der Waals surface area contributed by atoms with Crippen molar-refractivity contribution < 1.29 is 4.79 Å². The van der Waals surface area contributed by atoms with Crippen LogP contribution in [0.3, 0.4) is 0 Å². The SMILES string of the molecule is O=C(c1ccnc(-c2cnn3ccc(-c4ccccc4)nc23)c1)N1C2CCC23CNCC13. The first-order chi connectivity index (χ1) is 15.7. The summed E-state index contributed by atoms with van der Waals surface area (Å²) in [6, 6.07) is 16.5. The fourth-order valence-corrected chi connectivity index (χ4v) is 5.89. The number of aromatic nitrogens is 4. The Morgan fingerprint density at radius 2 is 2.00 bits per heavy atom. The molecule has 4 aromatic rings. The van der Waals surface area contributed by atoms with E-state index in [1.807, 2.05) is 54.7 Å². The van der Waals surface area contributed by atoms with E-state index in [1.165, 1.54) is 6.42 Å². The molecule has 3 unspecified atom stereocenters. The predicted octanol–water partition coefficient (Wildman–Crippen LogP) is 3.03. The third-order valence-corrected chi connectivity index (χ3v) is 7.63. The molecule has 7 rings (SSSR count). The molecule has 158 valence electrons. The van der Waals surface area contributed by atoms with Gasteiger partial charge in [0.05, 0.1) is 29.2 Å². The Labute approximate surface area is 185 Å². The van der Waals surface area contributed by atoms with Crippen molar-refractivity contribution in [2.24, 2.45) is 5.41 Å². The molecular formula is C25H22N6O. The van der Waals surface area contributed by atoms with Crippen molar-refractivity contribution in [3.05, 3.63) is 72.7 Å². The molecule has 0 bridgehead atoms. The summed E-state index contributed by atoms with van der Waals surface area (Å²) in [5.74, 6) is 0.108. The average Bonchev–Trinajstić information content (AvgIpc) is 3.46. The van der Waals surface area contributed by atoms with Gasteiger partial charge in [-0.3, -0.25) is 9.78 Å². The van der Waals surface area contributed by atoms with Crippen molar-refractivity contribution in [2.75, 3.05) is 13.1 Å². The number of fused-ring (bicyclic) bond motifs is 1. The molecule has 32 heavy (non-hydrogen) atoms. The monoisotopic (exact) mass is 422 g/mol. The van der Waals surface area contributed by atoms with Crippen LogP contribution >= 0.6 is 0 Å². The number of rotatable bonds is 3. The summed E-state index contributed by atoms with van der Waals surface area (Å²) in [6.45, 7) is 1.95. The molecule has 3 fully saturated rings. The number of hydrogen-bond acceptors (Lipinski definition) is 5. The summed E-state index contributed by atoms with van der Waals surface area (Å²) in [4.78, 5) is 24.9. The Bertz CT molecular complexity index is 1370. The zero-order valence-corrected chi connectivity index (χ0v) is 17.5. The first-order valence-electron chi connectivity index (χ1n) is 11.1. The molecule has 7 nitrogen and oxygen atoms in total. The summed E-state index contributed by atoms with van der Waals surface area (Å²) >= 11 is 0. The number of pyridine rings is 1. The number of carbonyl (C=O) groups excluding carboxylic acids is 1. The van der Waals surface area contributed by atoms with E-state index in [0.29, 0.717) is 28.8 Å². The number of nitrogens with zero attached hydrogens (tertiary/aromatic N) is 5. The van der Waals surface area contributed by atoms with Crippen molar-refractivity contribution in [2.45, 2.75) is 24.9 Å². The highest BCUT2D eigenvalue weighted by atomic mass is 16.2. The summed E-state index contributed by atoms with van der Waals surface area (Å²) in [7, 11) is 0. The standard InChI is InChI=1S/C25H22N6O/c32-24(31-21-6-9-25(21)15-26-14-22(25)31)17-7-10-27-20(12-17)18-13-28-30-11-8-19(29-23(18)30)16-4-2-1-3-5-16/h1-5,7-8,10-13,21-22,26H,6,9,14-15H2. The number of carbonyl (C=O) groups is 1. The van der Waals surface area contributed by atoms with E-state index in [-0.39, 0.29) is 5.91 Å². The van der Waals surface area contributed by atoms with Gasteiger partial charge in [-0.25, -0.2) is 9.50 Å². The van der Waals surface area contributed by atoms with Gasteiger partial charge in [0.1, 0.15) is 0 Å². The first kappa shape index (κ1) is 18.0. The minimum atomic E-state index is 0.108. The topological polar surface area (TPSA) is 75.4 Å². The summed E-state index contributed by atoms with van der Waals surface area (Å²) < 4.78 is 1.75. The lowest BCUT2D eigenvalue weighted by atomic mass is 9.53. The Morgan fingerprint density at radius 1 is 1.09 bits per heavy atom. The van der Waals surface area contributed by atoms with Gasteiger partial charge in [-0.05, 0) is 31.0 Å². The Morgan fingerprint density at radius 3 is 2.84 bits per heavy atom. The lowest BCUT2D eigenvalue weighted by Crippen LogP contribution is -2.77. The van der Waals surface area contributed by atoms with E-state index in [2.05, 4.69) is 20.3 Å². The molecule has 3 aliphatic rings. The number of nitrogens with one attached hydrogen (secondary N) is 1. The minimum absolute atomic E-state index is 0.108. The van der Waals surface area contributed by atoms with E-state index < -0.39 is 0 Å².